The predicted octanol–water partition coefficient (Wildman–Crippen LogP) is 4.67. The lowest BCUT2D eigenvalue weighted by molar-refractivity contribution is -0.140. The quantitative estimate of drug-likeness (QED) is 0.834. The molecule has 5 fully saturated rings. The number of thiazole rings is 1. The van der Waals surface area contributed by atoms with Crippen molar-refractivity contribution in [1.82, 2.24) is 9.88 Å². The van der Waals surface area contributed by atoms with Gasteiger partial charge in [0.05, 0.1) is 5.41 Å². The molecule has 4 nitrogen and oxygen atoms in total. The Morgan fingerprint density at radius 2 is 1.92 bits per heavy atom. The smallest absolute Gasteiger partial charge is 0.232 e. The van der Waals surface area contributed by atoms with Crippen molar-refractivity contribution in [2.24, 2.45) is 23.2 Å². The number of amides is 1. The molecule has 0 spiro atoms. The highest BCUT2D eigenvalue weighted by atomic mass is 32.1. The number of carbonyl (C=O) groups is 1. The summed E-state index contributed by atoms with van der Waals surface area (Å²) >= 11 is 1.68. The molecule has 142 valence electrons. The number of nitrogens with one attached hydrogen (secondary N) is 1. The van der Waals surface area contributed by atoms with Gasteiger partial charge in [-0.15, -0.1) is 11.3 Å². The minimum Gasteiger partial charge on any atom is -0.301 e. The van der Waals surface area contributed by atoms with Crippen molar-refractivity contribution in [1.29, 1.82) is 0 Å². The average molecular weight is 374 g/mol. The number of nitrogens with zero attached hydrogens (tertiary/aromatic N) is 2. The lowest BCUT2D eigenvalue weighted by Gasteiger charge is -2.55. The maximum absolute atomic E-state index is 13.2. The van der Waals surface area contributed by atoms with Gasteiger partial charge in [0, 0.05) is 23.7 Å². The molecule has 26 heavy (non-hydrogen) atoms. The number of anilines is 1. The summed E-state index contributed by atoms with van der Waals surface area (Å²) in [6, 6.07) is 0.663. The maximum Gasteiger partial charge on any atom is 0.232 e. The second-order valence-corrected chi connectivity index (χ2v) is 10.7. The minimum absolute atomic E-state index is 0.0814. The molecule has 1 amide bonds. The Morgan fingerprint density at radius 1 is 1.23 bits per heavy atom. The summed E-state index contributed by atoms with van der Waals surface area (Å²) in [5.74, 6) is 2.68. The topological polar surface area (TPSA) is 45.2 Å². The first-order chi connectivity index (χ1) is 12.6. The number of carbonyl (C=O) groups excluding carboxylic acids is 1. The van der Waals surface area contributed by atoms with Crippen molar-refractivity contribution < 1.29 is 4.79 Å². The van der Waals surface area contributed by atoms with Gasteiger partial charge in [-0.25, -0.2) is 4.98 Å². The van der Waals surface area contributed by atoms with E-state index < -0.39 is 0 Å². The van der Waals surface area contributed by atoms with Gasteiger partial charge >= 0.3 is 0 Å². The summed E-state index contributed by atoms with van der Waals surface area (Å²) in [5, 5.41) is 4.03. The summed E-state index contributed by atoms with van der Waals surface area (Å²) in [6.45, 7) is 4.50. The SMILES string of the molecule is CC1CCCCN1Cc1cnc(NC(=O)C23CC4CC(CC(C4)C2)C3)s1. The molecule has 4 bridgehead atoms. The third kappa shape index (κ3) is 3.11. The third-order valence-electron chi connectivity index (χ3n) is 7.59. The number of piperidine rings is 1. The molecule has 6 rings (SSSR count). The van der Waals surface area contributed by atoms with Crippen molar-refractivity contribution in [3.63, 3.8) is 0 Å². The third-order valence-corrected chi connectivity index (χ3v) is 8.49. The molecule has 5 aliphatic rings. The molecule has 5 heteroatoms. The normalized spacial score (nSPS) is 39.3. The first kappa shape index (κ1) is 17.2. The van der Waals surface area contributed by atoms with Crippen LogP contribution in [-0.4, -0.2) is 28.4 Å². The summed E-state index contributed by atoms with van der Waals surface area (Å²) in [7, 11) is 0. The van der Waals surface area contributed by atoms with Crippen LogP contribution in [0.2, 0.25) is 0 Å². The van der Waals surface area contributed by atoms with E-state index in [1.807, 2.05) is 6.20 Å². The van der Waals surface area contributed by atoms with E-state index in [0.717, 1.165) is 48.7 Å². The highest BCUT2D eigenvalue weighted by Gasteiger charge is 2.54. The molecule has 4 aliphatic carbocycles. The van der Waals surface area contributed by atoms with Crippen molar-refractivity contribution in [2.45, 2.75) is 77.3 Å². The van der Waals surface area contributed by atoms with Crippen molar-refractivity contribution in [3.05, 3.63) is 11.1 Å². The Bertz CT molecular complexity index is 649. The molecular weight excluding hydrogens is 342 g/mol. The van der Waals surface area contributed by atoms with Gasteiger partial charge in [0.2, 0.25) is 5.91 Å². The van der Waals surface area contributed by atoms with E-state index in [4.69, 9.17) is 0 Å². The van der Waals surface area contributed by atoms with Crippen LogP contribution in [0.3, 0.4) is 0 Å². The Hall–Kier alpha value is -0.940. The van der Waals surface area contributed by atoms with Crippen LogP contribution in [0.25, 0.3) is 0 Å². The standard InChI is InChI=1S/C21H31N3OS/c1-14-4-2-3-5-24(14)13-18-12-22-20(26-18)23-19(25)21-9-15-6-16(10-21)8-17(7-15)11-21/h12,14-17H,2-11,13H2,1H3,(H,22,23,25). The van der Waals surface area contributed by atoms with Gasteiger partial charge in [0.25, 0.3) is 0 Å². The van der Waals surface area contributed by atoms with Crippen LogP contribution in [0.15, 0.2) is 6.20 Å². The van der Waals surface area contributed by atoms with Gasteiger partial charge in [-0.1, -0.05) is 6.42 Å². The molecule has 0 radical (unpaired) electrons. The van der Waals surface area contributed by atoms with Crippen LogP contribution in [0.4, 0.5) is 5.13 Å². The largest absolute Gasteiger partial charge is 0.301 e. The summed E-state index contributed by atoms with van der Waals surface area (Å²) in [5.41, 5.74) is -0.0814. The first-order valence-corrected chi connectivity index (χ1v) is 11.4. The van der Waals surface area contributed by atoms with Gasteiger partial charge in [-0.3, -0.25) is 9.69 Å². The monoisotopic (exact) mass is 373 g/mol. The van der Waals surface area contributed by atoms with E-state index in [1.54, 1.807) is 11.3 Å². The van der Waals surface area contributed by atoms with Gasteiger partial charge in [-0.05, 0) is 82.6 Å². The van der Waals surface area contributed by atoms with Crippen molar-refractivity contribution in [3.8, 4) is 0 Å². The number of likely N-dealkylation sites (tertiary alicyclic amines) is 1. The zero-order chi connectivity index (χ0) is 17.7. The lowest BCUT2D eigenvalue weighted by atomic mass is 9.49. The summed E-state index contributed by atoms with van der Waals surface area (Å²) in [4.78, 5) is 21.5. The average Bonchev–Trinajstić information content (AvgIpc) is 3.03. The van der Waals surface area contributed by atoms with Gasteiger partial charge in [0.1, 0.15) is 0 Å². The second kappa shape index (κ2) is 6.59. The van der Waals surface area contributed by atoms with Crippen LogP contribution in [-0.2, 0) is 11.3 Å². The zero-order valence-electron chi connectivity index (χ0n) is 15.9. The van der Waals surface area contributed by atoms with Gasteiger partial charge in [0.15, 0.2) is 5.13 Å². The molecule has 1 aliphatic heterocycles. The number of rotatable bonds is 4. The molecule has 1 saturated heterocycles. The molecule has 4 saturated carbocycles. The Kier molecular flexibility index (Phi) is 4.35. The molecule has 1 unspecified atom stereocenters. The molecule has 1 aromatic rings. The molecule has 0 aromatic carbocycles. The molecule has 2 heterocycles. The minimum atomic E-state index is -0.0814. The summed E-state index contributed by atoms with van der Waals surface area (Å²) < 4.78 is 0. The van der Waals surface area contributed by atoms with E-state index >= 15 is 0 Å². The number of aromatic nitrogens is 1. The van der Waals surface area contributed by atoms with Crippen LogP contribution in [0, 0.1) is 23.2 Å². The number of hydrogen-bond acceptors (Lipinski definition) is 4. The summed E-state index contributed by atoms with van der Waals surface area (Å²) in [6.07, 6.45) is 13.4. The molecular formula is C21H31N3OS. The molecule has 1 atom stereocenters. The van der Waals surface area contributed by atoms with Crippen LogP contribution < -0.4 is 5.32 Å². The number of hydrogen-bond donors (Lipinski definition) is 1. The zero-order valence-corrected chi connectivity index (χ0v) is 16.7. The highest BCUT2D eigenvalue weighted by Crippen LogP contribution is 2.60. The van der Waals surface area contributed by atoms with E-state index in [2.05, 4.69) is 22.1 Å². The molecule has 1 N–H and O–H groups in total. The van der Waals surface area contributed by atoms with Crippen LogP contribution in [0.5, 0.6) is 0 Å². The van der Waals surface area contributed by atoms with E-state index in [9.17, 15) is 4.79 Å². The van der Waals surface area contributed by atoms with E-state index in [1.165, 1.54) is 49.9 Å². The van der Waals surface area contributed by atoms with Gasteiger partial charge < -0.3 is 5.32 Å². The van der Waals surface area contributed by atoms with Crippen molar-refractivity contribution >= 4 is 22.4 Å². The fraction of sp³-hybridized carbons (Fsp3) is 0.810. The van der Waals surface area contributed by atoms with Crippen molar-refractivity contribution in [2.75, 3.05) is 11.9 Å². The Labute approximate surface area is 160 Å². The molecule has 1 aromatic heterocycles. The second-order valence-electron chi connectivity index (χ2n) is 9.60. The lowest BCUT2D eigenvalue weighted by Crippen LogP contribution is -2.51. The fourth-order valence-electron chi connectivity index (χ4n) is 6.65. The fourth-order valence-corrected chi connectivity index (χ4v) is 7.48. The predicted molar refractivity (Wildman–Crippen MR) is 105 cm³/mol. The van der Waals surface area contributed by atoms with Crippen LogP contribution >= 0.6 is 11.3 Å². The van der Waals surface area contributed by atoms with Crippen LogP contribution in [0.1, 0.15) is 69.6 Å². The Balaban J connectivity index is 1.24. The van der Waals surface area contributed by atoms with Gasteiger partial charge in [-0.2, -0.15) is 0 Å². The van der Waals surface area contributed by atoms with E-state index in [0.29, 0.717) is 6.04 Å². The highest BCUT2D eigenvalue weighted by molar-refractivity contribution is 7.15. The van der Waals surface area contributed by atoms with E-state index in [-0.39, 0.29) is 11.3 Å². The first-order valence-electron chi connectivity index (χ1n) is 10.6. The Morgan fingerprint density at radius 3 is 2.58 bits per heavy atom. The maximum atomic E-state index is 13.2.